The van der Waals surface area contributed by atoms with Gasteiger partial charge < -0.3 is 24.3 Å². The summed E-state index contributed by atoms with van der Waals surface area (Å²) in [5, 5.41) is 29.3. The van der Waals surface area contributed by atoms with E-state index in [1.165, 1.54) is 12.1 Å². The maximum absolute atomic E-state index is 11.9. The van der Waals surface area contributed by atoms with Crippen molar-refractivity contribution in [2.24, 2.45) is 0 Å². The van der Waals surface area contributed by atoms with Crippen LogP contribution in [0.25, 0.3) is 17.5 Å². The predicted octanol–water partition coefficient (Wildman–Crippen LogP) is 5.16. The second-order valence-corrected chi connectivity index (χ2v) is 9.00. The van der Waals surface area contributed by atoms with Gasteiger partial charge >= 0.3 is 5.97 Å². The predicted molar refractivity (Wildman–Crippen MR) is 132 cm³/mol. The first-order valence-electron chi connectivity index (χ1n) is 9.24. The average molecular weight is 588 g/mol. The van der Waals surface area contributed by atoms with Crippen LogP contribution in [0.2, 0.25) is 5.02 Å². The molecule has 0 saturated heterocycles. The molecule has 0 radical (unpaired) electrons. The lowest BCUT2D eigenvalue weighted by atomic mass is 10.2. The highest BCUT2D eigenvalue weighted by atomic mass is 127. The normalized spacial score (nSPS) is 11.5. The van der Waals surface area contributed by atoms with Gasteiger partial charge in [0.25, 0.3) is 0 Å². The number of nitrogens with zero attached hydrogens (tertiary/aromatic N) is 3. The van der Waals surface area contributed by atoms with Gasteiger partial charge in [0.05, 0.1) is 17.8 Å². The topological polar surface area (TPSA) is 107 Å². The van der Waals surface area contributed by atoms with Crippen molar-refractivity contribution in [1.82, 2.24) is 14.8 Å². The average Bonchev–Trinajstić information content (AvgIpc) is 3.18. The fourth-order valence-corrected chi connectivity index (χ4v) is 4.80. The van der Waals surface area contributed by atoms with Gasteiger partial charge in [0.2, 0.25) is 0 Å². The third kappa shape index (κ3) is 5.30. The van der Waals surface area contributed by atoms with Crippen LogP contribution in [-0.4, -0.2) is 45.2 Å². The van der Waals surface area contributed by atoms with E-state index in [1.807, 2.05) is 29.5 Å². The molecule has 0 aliphatic rings. The Balaban J connectivity index is 2.04. The molecule has 168 valence electrons. The molecule has 0 atom stereocenters. The van der Waals surface area contributed by atoms with Crippen molar-refractivity contribution in [2.75, 3.05) is 14.2 Å². The highest BCUT2D eigenvalue weighted by Gasteiger charge is 2.20. The Bertz CT molecular complexity index is 1180. The number of carboxylic acids is 1. The molecule has 0 unspecified atom stereocenters. The molecule has 1 heterocycles. The van der Waals surface area contributed by atoms with Crippen molar-refractivity contribution < 1.29 is 24.5 Å². The zero-order valence-electron chi connectivity index (χ0n) is 17.3. The van der Waals surface area contributed by atoms with E-state index in [2.05, 4.69) is 10.2 Å². The van der Waals surface area contributed by atoms with Gasteiger partial charge in [-0.3, -0.25) is 0 Å². The Kier molecular flexibility index (Phi) is 7.91. The number of phenols is 1. The van der Waals surface area contributed by atoms with Gasteiger partial charge in [0, 0.05) is 28.8 Å². The summed E-state index contributed by atoms with van der Waals surface area (Å²) in [5.41, 5.74) is 1.01. The van der Waals surface area contributed by atoms with Crippen LogP contribution < -0.4 is 9.47 Å². The zero-order valence-corrected chi connectivity index (χ0v) is 21.0. The number of carboxylic acid groups (broad SMARTS) is 1. The summed E-state index contributed by atoms with van der Waals surface area (Å²) in [7, 11) is 3.11. The number of halogens is 2. The summed E-state index contributed by atoms with van der Waals surface area (Å²) in [6.07, 6.45) is 1.36. The van der Waals surface area contributed by atoms with E-state index in [-0.39, 0.29) is 10.7 Å². The highest BCUT2D eigenvalue weighted by molar-refractivity contribution is 14.1. The highest BCUT2D eigenvalue weighted by Crippen LogP contribution is 2.36. The second kappa shape index (κ2) is 10.5. The lowest BCUT2D eigenvalue weighted by Crippen LogP contribution is -2.03. The van der Waals surface area contributed by atoms with Gasteiger partial charge in [-0.05, 0) is 71.6 Å². The first-order valence-corrected chi connectivity index (χ1v) is 11.5. The molecule has 0 fully saturated rings. The Labute approximate surface area is 207 Å². The molecule has 3 aromatic rings. The molecular formula is C21H19ClIN3O5S. The third-order valence-corrected chi connectivity index (χ3v) is 6.44. The van der Waals surface area contributed by atoms with Crippen LogP contribution in [-0.2, 0) is 11.3 Å². The summed E-state index contributed by atoms with van der Waals surface area (Å²) < 4.78 is 13.0. The van der Waals surface area contributed by atoms with E-state index in [9.17, 15) is 15.0 Å². The Hall–Kier alpha value is -2.44. The smallest absolute Gasteiger partial charge is 0.342 e. The number of methoxy groups -OCH3 is 2. The van der Waals surface area contributed by atoms with Crippen LogP contribution in [0.3, 0.4) is 0 Å². The number of aliphatic carboxylic acids is 1. The van der Waals surface area contributed by atoms with Gasteiger partial charge in [-0.15, -0.1) is 10.2 Å². The van der Waals surface area contributed by atoms with Crippen LogP contribution >= 0.6 is 46.0 Å². The number of aromatic nitrogens is 3. The Morgan fingerprint density at radius 3 is 2.41 bits per heavy atom. The van der Waals surface area contributed by atoms with Crippen molar-refractivity contribution in [3.63, 3.8) is 0 Å². The van der Waals surface area contributed by atoms with Gasteiger partial charge in [-0.25, -0.2) is 4.79 Å². The molecule has 0 amide bonds. The van der Waals surface area contributed by atoms with E-state index in [0.29, 0.717) is 48.7 Å². The van der Waals surface area contributed by atoms with Crippen LogP contribution in [0.5, 0.6) is 17.2 Å². The molecule has 2 aromatic carbocycles. The van der Waals surface area contributed by atoms with Crippen molar-refractivity contribution in [3.05, 3.63) is 49.4 Å². The number of aromatic hydroxyl groups is 1. The van der Waals surface area contributed by atoms with E-state index >= 15 is 0 Å². The van der Waals surface area contributed by atoms with Gasteiger partial charge in [-0.1, -0.05) is 11.6 Å². The van der Waals surface area contributed by atoms with E-state index < -0.39 is 5.97 Å². The molecule has 0 aliphatic heterocycles. The van der Waals surface area contributed by atoms with E-state index in [1.54, 1.807) is 43.1 Å². The summed E-state index contributed by atoms with van der Waals surface area (Å²) in [6.45, 7) is 2.40. The largest absolute Gasteiger partial charge is 0.506 e. The number of carbonyl (C=O) groups is 1. The molecule has 32 heavy (non-hydrogen) atoms. The molecule has 3 rings (SSSR count). The molecule has 11 heteroatoms. The molecule has 8 nitrogen and oxygen atoms in total. The van der Waals surface area contributed by atoms with Crippen molar-refractivity contribution in [2.45, 2.75) is 18.6 Å². The standard InChI is InChI=1S/C21H19ClIN3O5S/c1-4-26-19(12-6-14(30-2)10-15(7-12)31-3)24-25-21(26)32-17(20(28)29)8-11-5-13(22)9-16(23)18(11)27/h5-10,27H,4H2,1-3H3,(H,28,29)/b17-8-. The zero-order chi connectivity index (χ0) is 23.4. The van der Waals surface area contributed by atoms with E-state index in [4.69, 9.17) is 21.1 Å². The molecule has 1 aromatic heterocycles. The molecule has 0 saturated carbocycles. The number of hydrogen-bond acceptors (Lipinski definition) is 7. The molecule has 0 spiro atoms. The maximum atomic E-state index is 11.9. The summed E-state index contributed by atoms with van der Waals surface area (Å²) in [4.78, 5) is 11.9. The quantitative estimate of drug-likeness (QED) is 0.211. The summed E-state index contributed by atoms with van der Waals surface area (Å²) in [5.74, 6) is 0.514. The molecule has 0 aliphatic carbocycles. The number of benzene rings is 2. The number of hydrogen-bond donors (Lipinski definition) is 2. The van der Waals surface area contributed by atoms with Gasteiger partial charge in [-0.2, -0.15) is 0 Å². The Morgan fingerprint density at radius 2 is 1.84 bits per heavy atom. The van der Waals surface area contributed by atoms with Crippen LogP contribution in [0.4, 0.5) is 0 Å². The minimum absolute atomic E-state index is 0.0459. The Morgan fingerprint density at radius 1 is 1.19 bits per heavy atom. The maximum Gasteiger partial charge on any atom is 0.342 e. The minimum Gasteiger partial charge on any atom is -0.506 e. The third-order valence-electron chi connectivity index (χ3n) is 4.40. The molecule has 0 bridgehead atoms. The lowest BCUT2D eigenvalue weighted by Gasteiger charge is -2.11. The number of phenolic OH excluding ortho intramolecular Hbond substituents is 1. The van der Waals surface area contributed by atoms with Crippen LogP contribution in [0.1, 0.15) is 12.5 Å². The first kappa shape index (κ1) is 24.2. The fraction of sp³-hybridized carbons (Fsp3) is 0.190. The van der Waals surface area contributed by atoms with Crippen molar-refractivity contribution in [3.8, 4) is 28.6 Å². The van der Waals surface area contributed by atoms with Crippen molar-refractivity contribution >= 4 is 58.0 Å². The first-order chi connectivity index (χ1) is 15.3. The van der Waals surface area contributed by atoms with E-state index in [0.717, 1.165) is 11.8 Å². The van der Waals surface area contributed by atoms with Crippen LogP contribution in [0, 0.1) is 3.57 Å². The summed E-state index contributed by atoms with van der Waals surface area (Å²) in [6, 6.07) is 8.43. The van der Waals surface area contributed by atoms with Gasteiger partial charge in [0.15, 0.2) is 11.0 Å². The van der Waals surface area contributed by atoms with Crippen molar-refractivity contribution in [1.29, 1.82) is 0 Å². The molecule has 2 N–H and O–H groups in total. The molecular weight excluding hydrogens is 569 g/mol. The number of ether oxygens (including phenoxy) is 2. The monoisotopic (exact) mass is 587 g/mol. The SMILES string of the molecule is CCn1c(S/C(=C\c2cc(Cl)cc(I)c2O)C(=O)O)nnc1-c1cc(OC)cc(OC)c1. The fourth-order valence-electron chi connectivity index (χ4n) is 2.87. The number of rotatable bonds is 8. The number of thioether (sulfide) groups is 1. The summed E-state index contributed by atoms with van der Waals surface area (Å²) >= 11 is 8.93. The van der Waals surface area contributed by atoms with Gasteiger partial charge in [0.1, 0.15) is 22.2 Å². The lowest BCUT2D eigenvalue weighted by molar-refractivity contribution is -0.131. The second-order valence-electron chi connectivity index (χ2n) is 6.39. The minimum atomic E-state index is -1.17. The van der Waals surface area contributed by atoms with Crippen LogP contribution in [0.15, 0.2) is 40.4 Å².